The first-order chi connectivity index (χ1) is 31.3. The molecule has 8 aromatic rings. The first-order valence-electron chi connectivity index (χ1n) is 17.6. The highest BCUT2D eigenvalue weighted by atomic mass is 79.9. The van der Waals surface area contributed by atoms with Gasteiger partial charge in [-0.2, -0.15) is 0 Å². The highest BCUT2D eigenvalue weighted by molar-refractivity contribution is 9.16. The average Bonchev–Trinajstić information content (AvgIpc) is 3.30. The minimum Gasteiger partial charge on any atom is -0.129 e. The Morgan fingerprint density at radius 2 is 0.364 bits per heavy atom. The molecule has 0 radical (unpaired) electrons. The molecule has 0 unspecified atom stereocenters. The van der Waals surface area contributed by atoms with Crippen LogP contribution in [-0.4, -0.2) is 30.8 Å². The van der Waals surface area contributed by atoms with Crippen LogP contribution in [0.2, 0.25) is 0 Å². The van der Waals surface area contributed by atoms with E-state index in [1.54, 1.807) is 0 Å². The second kappa shape index (κ2) is 24.1. The lowest BCUT2D eigenvalue weighted by molar-refractivity contribution is 0.877. The van der Waals surface area contributed by atoms with Crippen LogP contribution in [0, 0.1) is 0 Å². The Kier molecular flexibility index (Phi) is 20.4. The fourth-order valence-corrected chi connectivity index (χ4v) is 15.1. The second-order valence-electron chi connectivity index (χ2n) is 13.1. The molecule has 0 aliphatic carbocycles. The van der Waals surface area contributed by atoms with Crippen molar-refractivity contribution in [2.24, 2.45) is 0 Å². The highest BCUT2D eigenvalue weighted by Gasteiger charge is 2.27. The molecule has 0 amide bonds. The van der Waals surface area contributed by atoms with E-state index in [9.17, 15) is 0 Å². The van der Waals surface area contributed by atoms with Crippen molar-refractivity contribution in [2.45, 2.75) is 0 Å². The van der Waals surface area contributed by atoms with Gasteiger partial charge in [0.25, 0.3) is 0 Å². The molecule has 0 saturated heterocycles. The Morgan fingerprint density at radius 3 is 0.561 bits per heavy atom. The number of halogens is 18. The van der Waals surface area contributed by atoms with Crippen LogP contribution in [-0.2, 0) is 0 Å². The number of hydrogen-bond donors (Lipinski definition) is 0. The number of hydrogen-bond acceptors (Lipinski definition) is 6. The fourth-order valence-electron chi connectivity index (χ4n) is 6.19. The summed E-state index contributed by atoms with van der Waals surface area (Å²) in [7, 11) is 0. The Bertz CT molecular complexity index is 2910. The zero-order valence-corrected chi connectivity index (χ0v) is 60.0. The van der Waals surface area contributed by atoms with Crippen LogP contribution in [0.1, 0.15) is 0 Å². The summed E-state index contributed by atoms with van der Waals surface area (Å²) in [4.78, 5) is 0. The molecule has 0 bridgehead atoms. The summed E-state index contributed by atoms with van der Waals surface area (Å²) in [5.41, 5.74) is 9.69. The third kappa shape index (κ3) is 11.5. The lowest BCUT2D eigenvalue weighted by Gasteiger charge is -2.18. The molecule has 336 valence electrons. The van der Waals surface area contributed by atoms with Crippen molar-refractivity contribution in [1.82, 2.24) is 30.8 Å². The van der Waals surface area contributed by atoms with Crippen molar-refractivity contribution < 1.29 is 0 Å². The van der Waals surface area contributed by atoms with E-state index in [4.69, 9.17) is 0 Å². The summed E-state index contributed by atoms with van der Waals surface area (Å²) >= 11 is 65.7. The zero-order chi connectivity index (χ0) is 48.0. The average molecular weight is 2040 g/mol. The van der Waals surface area contributed by atoms with Crippen LogP contribution in [0.4, 0.5) is 0 Å². The minimum atomic E-state index is 0.681. The largest absolute Gasteiger partial charge is 0.129 e. The summed E-state index contributed by atoms with van der Waals surface area (Å²) < 4.78 is 16.0. The Hall–Kier alpha value is 1.98. The van der Waals surface area contributed by atoms with Gasteiger partial charge in [-0.1, -0.05) is 36.4 Å². The molecule has 0 aliphatic heterocycles. The van der Waals surface area contributed by atoms with Crippen molar-refractivity contribution in [3.05, 3.63) is 153 Å². The van der Waals surface area contributed by atoms with Crippen molar-refractivity contribution in [3.63, 3.8) is 0 Å². The molecular formula is C42H12Br18N6. The quantitative estimate of drug-likeness (QED) is 0.154. The van der Waals surface area contributed by atoms with E-state index in [0.29, 0.717) is 22.8 Å². The fraction of sp³-hybridized carbons (Fsp3) is 0. The maximum Gasteiger partial charge on any atom is 0.106 e. The van der Waals surface area contributed by atoms with E-state index in [2.05, 4.69) is 318 Å². The summed E-state index contributed by atoms with van der Waals surface area (Å²) in [6.07, 6.45) is 0. The highest BCUT2D eigenvalue weighted by Crippen LogP contribution is 2.51. The van der Waals surface area contributed by atoms with Crippen molar-refractivity contribution in [2.75, 3.05) is 0 Å². The van der Waals surface area contributed by atoms with Gasteiger partial charge in [0.1, 0.15) is 22.8 Å². The monoisotopic (exact) mass is 2020 g/mol. The molecular weight excluding hydrogens is 2030 g/mol. The molecule has 0 aliphatic rings. The maximum absolute atomic E-state index is 4.49. The van der Waals surface area contributed by atoms with Gasteiger partial charge in [-0.15, -0.1) is 20.4 Å². The Labute approximate surface area is 529 Å². The SMILES string of the molecule is Brc1ccc(-c2nnnc(-c3ccc(Br)c(Br)c3Br)c2-c2ccc(Br)c(Br)c2Br)c(Br)c1Br.Brc1ccc(-c2nnnc(-c3ccc(Br)c(Br)c3Br)c2-c2ccc(Br)c(Br)c2Br)c(Br)c1Br. The first-order valence-corrected chi connectivity index (χ1v) is 31.8. The van der Waals surface area contributed by atoms with E-state index in [1.807, 2.05) is 72.8 Å². The Balaban J connectivity index is 0.000000196. The standard InChI is InChI=1S/2C21H6Br9N3/c2*22-10-4-1-7(14(25)17(10)28)13-20(8-2-5-11(23)18(29)15(8)26)31-33-32-21(13)9-3-6-12(24)19(30)16(9)27/h2*1-6H. The number of nitrogens with zero attached hydrogens (tertiary/aromatic N) is 6. The predicted molar refractivity (Wildman–Crippen MR) is 331 cm³/mol. The second-order valence-corrected chi connectivity index (χ2v) is 27.7. The topological polar surface area (TPSA) is 77.3 Å². The number of benzene rings is 6. The summed E-state index contributed by atoms with van der Waals surface area (Å²) in [5.74, 6) is 0. The van der Waals surface area contributed by atoms with E-state index >= 15 is 0 Å². The molecule has 6 aromatic carbocycles. The summed E-state index contributed by atoms with van der Waals surface area (Å²) in [6.45, 7) is 0. The van der Waals surface area contributed by atoms with Crippen molar-refractivity contribution in [1.29, 1.82) is 0 Å². The molecule has 0 fully saturated rings. The predicted octanol–water partition coefficient (Wildman–Crippen LogP) is 23.5. The normalized spacial score (nSPS) is 11.2. The van der Waals surface area contributed by atoms with Gasteiger partial charge in [0.2, 0.25) is 0 Å². The molecule has 0 atom stereocenters. The van der Waals surface area contributed by atoms with E-state index in [-0.39, 0.29) is 0 Å². The van der Waals surface area contributed by atoms with Crippen LogP contribution in [0.15, 0.2) is 153 Å². The smallest absolute Gasteiger partial charge is 0.106 e. The molecule has 0 N–H and O–H groups in total. The van der Waals surface area contributed by atoms with Gasteiger partial charge in [0.05, 0.1) is 0 Å². The molecule has 6 nitrogen and oxygen atoms in total. The van der Waals surface area contributed by atoms with Crippen molar-refractivity contribution >= 4 is 287 Å². The molecule has 8 rings (SSSR count). The van der Waals surface area contributed by atoms with Gasteiger partial charge in [-0.25, -0.2) is 0 Å². The third-order valence-corrected chi connectivity index (χ3v) is 29.5. The molecule has 0 spiro atoms. The minimum absolute atomic E-state index is 0.681. The van der Waals surface area contributed by atoms with Crippen LogP contribution in [0.25, 0.3) is 67.3 Å². The maximum atomic E-state index is 4.49. The molecule has 2 heterocycles. The zero-order valence-electron chi connectivity index (χ0n) is 31.4. The third-order valence-electron chi connectivity index (χ3n) is 9.30. The molecule has 66 heavy (non-hydrogen) atoms. The molecule has 24 heteroatoms. The molecule has 2 aromatic heterocycles. The van der Waals surface area contributed by atoms with Gasteiger partial charge in [-0.3, -0.25) is 0 Å². The first kappa shape index (κ1) is 55.7. The van der Waals surface area contributed by atoms with Crippen LogP contribution >= 0.6 is 287 Å². The summed E-state index contributed by atoms with van der Waals surface area (Å²) in [6, 6.07) is 23.8. The molecule has 0 saturated carbocycles. The summed E-state index contributed by atoms with van der Waals surface area (Å²) in [5, 5.41) is 26.3. The van der Waals surface area contributed by atoms with Gasteiger partial charge < -0.3 is 0 Å². The van der Waals surface area contributed by atoms with E-state index < -0.39 is 0 Å². The lowest BCUT2D eigenvalue weighted by atomic mass is 9.95. The van der Waals surface area contributed by atoms with Gasteiger partial charge in [0, 0.05) is 125 Å². The number of aromatic nitrogens is 6. The lowest BCUT2D eigenvalue weighted by Crippen LogP contribution is -2.02. The van der Waals surface area contributed by atoms with Gasteiger partial charge in [0.15, 0.2) is 0 Å². The van der Waals surface area contributed by atoms with Crippen LogP contribution in [0.3, 0.4) is 0 Å². The van der Waals surface area contributed by atoms with Crippen LogP contribution < -0.4 is 0 Å². The van der Waals surface area contributed by atoms with Crippen LogP contribution in [0.5, 0.6) is 0 Å². The van der Waals surface area contributed by atoms with E-state index in [0.717, 1.165) is 125 Å². The van der Waals surface area contributed by atoms with Gasteiger partial charge >= 0.3 is 0 Å². The van der Waals surface area contributed by atoms with Crippen molar-refractivity contribution in [3.8, 4) is 67.3 Å². The van der Waals surface area contributed by atoms with E-state index in [1.165, 1.54) is 0 Å². The number of rotatable bonds is 6. The van der Waals surface area contributed by atoms with Gasteiger partial charge in [-0.05, 0) is 334 Å². The Morgan fingerprint density at radius 1 is 0.197 bits per heavy atom.